The van der Waals surface area contributed by atoms with Crippen LogP contribution in [0.1, 0.15) is 29.0 Å². The molecule has 0 aliphatic heterocycles. The lowest BCUT2D eigenvalue weighted by Gasteiger charge is -2.06. The van der Waals surface area contributed by atoms with Crippen LogP contribution in [0.15, 0.2) is 12.1 Å². The summed E-state index contributed by atoms with van der Waals surface area (Å²) in [5, 5.41) is 2.86. The molecule has 0 saturated carbocycles. The van der Waals surface area contributed by atoms with E-state index in [9.17, 15) is 18.0 Å². The fourth-order valence-electron chi connectivity index (χ4n) is 1.41. The SMILES string of the molecule is COC(=O)c1ccc(CNCCCC(F)(F)F)[nH]1. The van der Waals surface area contributed by atoms with Crippen LogP contribution in [0.2, 0.25) is 0 Å². The van der Waals surface area contributed by atoms with Crippen molar-refractivity contribution >= 4 is 5.97 Å². The lowest BCUT2D eigenvalue weighted by atomic mass is 10.3. The first kappa shape index (κ1) is 14.6. The number of nitrogens with one attached hydrogen (secondary N) is 2. The maximum absolute atomic E-state index is 11.9. The zero-order chi connectivity index (χ0) is 13.6. The number of alkyl halides is 3. The maximum atomic E-state index is 11.9. The molecule has 4 nitrogen and oxygen atoms in total. The van der Waals surface area contributed by atoms with Crippen LogP contribution < -0.4 is 5.32 Å². The predicted molar refractivity (Wildman–Crippen MR) is 59.1 cm³/mol. The standard InChI is InChI=1S/C11H15F3N2O2/c1-18-10(17)9-4-3-8(16-9)7-15-6-2-5-11(12,13)14/h3-4,15-16H,2,5-7H2,1H3. The van der Waals surface area contributed by atoms with Crippen LogP contribution in [0.3, 0.4) is 0 Å². The number of aromatic nitrogens is 1. The van der Waals surface area contributed by atoms with Gasteiger partial charge in [-0.1, -0.05) is 0 Å². The normalized spacial score (nSPS) is 11.6. The van der Waals surface area contributed by atoms with Gasteiger partial charge in [0.25, 0.3) is 0 Å². The molecule has 0 fully saturated rings. The zero-order valence-electron chi connectivity index (χ0n) is 9.93. The van der Waals surface area contributed by atoms with Crippen molar-refractivity contribution in [2.75, 3.05) is 13.7 Å². The van der Waals surface area contributed by atoms with Gasteiger partial charge in [0, 0.05) is 18.7 Å². The summed E-state index contributed by atoms with van der Waals surface area (Å²) in [7, 11) is 1.28. The number of H-pyrrole nitrogens is 1. The van der Waals surface area contributed by atoms with E-state index >= 15 is 0 Å². The predicted octanol–water partition coefficient (Wildman–Crippen LogP) is 2.23. The highest BCUT2D eigenvalue weighted by molar-refractivity contribution is 5.87. The molecule has 0 radical (unpaired) electrons. The molecule has 1 aromatic heterocycles. The van der Waals surface area contributed by atoms with E-state index in [1.165, 1.54) is 7.11 Å². The molecule has 0 aromatic carbocycles. The first-order valence-corrected chi connectivity index (χ1v) is 5.46. The van der Waals surface area contributed by atoms with Gasteiger partial charge in [-0.05, 0) is 25.1 Å². The molecule has 18 heavy (non-hydrogen) atoms. The molecule has 0 aliphatic rings. The van der Waals surface area contributed by atoms with Crippen molar-refractivity contribution < 1.29 is 22.7 Å². The number of hydrogen-bond acceptors (Lipinski definition) is 3. The molecule has 0 atom stereocenters. The first-order chi connectivity index (χ1) is 8.42. The first-order valence-electron chi connectivity index (χ1n) is 5.46. The lowest BCUT2D eigenvalue weighted by Crippen LogP contribution is -2.18. The summed E-state index contributed by atoms with van der Waals surface area (Å²) in [5.41, 5.74) is 1.05. The molecule has 1 rings (SSSR count). The average molecular weight is 264 g/mol. The van der Waals surface area contributed by atoms with Crippen molar-refractivity contribution in [1.29, 1.82) is 0 Å². The highest BCUT2D eigenvalue weighted by atomic mass is 19.4. The molecule has 0 aliphatic carbocycles. The van der Waals surface area contributed by atoms with Crippen LogP contribution >= 0.6 is 0 Å². The molecule has 0 amide bonds. The van der Waals surface area contributed by atoms with Crippen molar-refractivity contribution in [3.63, 3.8) is 0 Å². The van der Waals surface area contributed by atoms with Crippen LogP contribution in [0.4, 0.5) is 13.2 Å². The van der Waals surface area contributed by atoms with Crippen molar-refractivity contribution in [1.82, 2.24) is 10.3 Å². The van der Waals surface area contributed by atoms with E-state index in [4.69, 9.17) is 0 Å². The average Bonchev–Trinajstić information content (AvgIpc) is 2.75. The Bertz CT molecular complexity index is 388. The van der Waals surface area contributed by atoms with E-state index in [-0.39, 0.29) is 13.0 Å². The highest BCUT2D eigenvalue weighted by Crippen LogP contribution is 2.20. The number of carbonyl (C=O) groups is 1. The minimum absolute atomic E-state index is 0.0358. The van der Waals surface area contributed by atoms with Gasteiger partial charge in [0.2, 0.25) is 0 Å². The monoisotopic (exact) mass is 264 g/mol. The number of aromatic amines is 1. The number of ether oxygens (including phenoxy) is 1. The Labute approximate surface area is 103 Å². The van der Waals surface area contributed by atoms with Crippen LogP contribution in [-0.2, 0) is 11.3 Å². The Morgan fingerprint density at radius 2 is 2.17 bits per heavy atom. The fraction of sp³-hybridized carbons (Fsp3) is 0.545. The maximum Gasteiger partial charge on any atom is 0.389 e. The van der Waals surface area contributed by atoms with Gasteiger partial charge in [-0.2, -0.15) is 13.2 Å². The van der Waals surface area contributed by atoms with E-state index in [1.54, 1.807) is 12.1 Å². The summed E-state index contributed by atoms with van der Waals surface area (Å²) in [4.78, 5) is 13.9. The molecular weight excluding hydrogens is 249 g/mol. The number of halogens is 3. The van der Waals surface area contributed by atoms with E-state index in [0.29, 0.717) is 12.2 Å². The number of hydrogen-bond donors (Lipinski definition) is 2. The second kappa shape index (κ2) is 6.44. The van der Waals surface area contributed by atoms with E-state index in [1.807, 2.05) is 0 Å². The number of carbonyl (C=O) groups excluding carboxylic acids is 1. The molecule has 0 spiro atoms. The van der Waals surface area contributed by atoms with Crippen LogP contribution in [-0.4, -0.2) is 30.8 Å². The van der Waals surface area contributed by atoms with E-state index in [2.05, 4.69) is 15.0 Å². The Kier molecular flexibility index (Phi) is 5.21. The molecule has 0 unspecified atom stereocenters. The van der Waals surface area contributed by atoms with Gasteiger partial charge in [0.05, 0.1) is 7.11 Å². The third-order valence-corrected chi connectivity index (χ3v) is 2.28. The van der Waals surface area contributed by atoms with Crippen LogP contribution in [0, 0.1) is 0 Å². The molecule has 0 bridgehead atoms. The number of methoxy groups -OCH3 is 1. The van der Waals surface area contributed by atoms with Crippen molar-refractivity contribution in [2.24, 2.45) is 0 Å². The smallest absolute Gasteiger partial charge is 0.389 e. The zero-order valence-corrected chi connectivity index (χ0v) is 9.93. The molecule has 1 aromatic rings. The minimum Gasteiger partial charge on any atom is -0.464 e. The molecule has 7 heteroatoms. The van der Waals surface area contributed by atoms with Gasteiger partial charge in [-0.3, -0.25) is 0 Å². The quantitative estimate of drug-likeness (QED) is 0.612. The van der Waals surface area contributed by atoms with Crippen molar-refractivity contribution in [2.45, 2.75) is 25.6 Å². The third-order valence-electron chi connectivity index (χ3n) is 2.28. The topological polar surface area (TPSA) is 54.1 Å². The second-order valence-corrected chi connectivity index (χ2v) is 3.78. The van der Waals surface area contributed by atoms with Crippen LogP contribution in [0.5, 0.6) is 0 Å². The highest BCUT2D eigenvalue weighted by Gasteiger charge is 2.25. The van der Waals surface area contributed by atoms with Gasteiger partial charge in [0.1, 0.15) is 5.69 Å². The van der Waals surface area contributed by atoms with Gasteiger partial charge >= 0.3 is 12.1 Å². The summed E-state index contributed by atoms with van der Waals surface area (Å²) in [6, 6.07) is 3.25. The Balaban J connectivity index is 2.24. The number of rotatable bonds is 6. The summed E-state index contributed by atoms with van der Waals surface area (Å²) < 4.78 is 40.1. The van der Waals surface area contributed by atoms with Gasteiger partial charge in [0.15, 0.2) is 0 Å². The summed E-state index contributed by atoms with van der Waals surface area (Å²) in [6.45, 7) is 0.654. The van der Waals surface area contributed by atoms with Gasteiger partial charge < -0.3 is 15.0 Å². The molecule has 102 valence electrons. The third kappa shape index (κ3) is 5.22. The summed E-state index contributed by atoms with van der Waals surface area (Å²) >= 11 is 0. The Morgan fingerprint density at radius 3 is 2.78 bits per heavy atom. The van der Waals surface area contributed by atoms with Crippen LogP contribution in [0.25, 0.3) is 0 Å². The van der Waals surface area contributed by atoms with Crippen molar-refractivity contribution in [3.05, 3.63) is 23.5 Å². The van der Waals surface area contributed by atoms with Crippen molar-refractivity contribution in [3.8, 4) is 0 Å². The fourth-order valence-corrected chi connectivity index (χ4v) is 1.41. The Hall–Kier alpha value is -1.50. The molecule has 0 saturated heterocycles. The minimum atomic E-state index is -4.10. The Morgan fingerprint density at radius 1 is 1.44 bits per heavy atom. The van der Waals surface area contributed by atoms with E-state index in [0.717, 1.165) is 5.69 Å². The second-order valence-electron chi connectivity index (χ2n) is 3.78. The lowest BCUT2D eigenvalue weighted by molar-refractivity contribution is -0.135. The molecule has 1 heterocycles. The van der Waals surface area contributed by atoms with Gasteiger partial charge in [-0.25, -0.2) is 4.79 Å². The summed E-state index contributed by atoms with van der Waals surface area (Å²) in [6.07, 6.45) is -4.86. The van der Waals surface area contributed by atoms with Gasteiger partial charge in [-0.15, -0.1) is 0 Å². The summed E-state index contributed by atoms with van der Waals surface area (Å²) in [5.74, 6) is -0.474. The van der Waals surface area contributed by atoms with E-state index < -0.39 is 18.6 Å². The molecule has 2 N–H and O–H groups in total. The number of esters is 1. The molecular formula is C11H15F3N2O2. The largest absolute Gasteiger partial charge is 0.464 e.